The summed E-state index contributed by atoms with van der Waals surface area (Å²) in [7, 11) is 6.58. The fourth-order valence-corrected chi connectivity index (χ4v) is 3.45. The number of hydrogen-bond donors (Lipinski definition) is 1. The molecule has 0 saturated carbocycles. The molecule has 0 saturated heterocycles. The van der Waals surface area contributed by atoms with E-state index in [9.17, 15) is 0 Å². The normalized spacial score (nSPS) is 10.5. The first-order chi connectivity index (χ1) is 15.7. The van der Waals surface area contributed by atoms with Gasteiger partial charge in [0.2, 0.25) is 0 Å². The van der Waals surface area contributed by atoms with Crippen LogP contribution in [0.25, 0.3) is 0 Å². The van der Waals surface area contributed by atoms with Crippen LogP contribution in [0.5, 0.6) is 28.7 Å². The number of ether oxygens (including phenoxy) is 5. The second kappa shape index (κ2) is 11.9. The number of methoxy groups -OCH3 is 4. The molecule has 6 heteroatoms. The molecule has 3 aromatic carbocycles. The third kappa shape index (κ3) is 6.08. The molecule has 0 unspecified atom stereocenters. The molecule has 0 amide bonds. The van der Waals surface area contributed by atoms with Crippen molar-refractivity contribution < 1.29 is 23.7 Å². The third-order valence-electron chi connectivity index (χ3n) is 5.17. The van der Waals surface area contributed by atoms with E-state index in [-0.39, 0.29) is 0 Å². The Labute approximate surface area is 190 Å². The second-order valence-corrected chi connectivity index (χ2v) is 7.19. The molecule has 0 bridgehead atoms. The summed E-state index contributed by atoms with van der Waals surface area (Å²) in [6, 6.07) is 19.8. The van der Waals surface area contributed by atoms with E-state index >= 15 is 0 Å². The Morgan fingerprint density at radius 2 is 1.41 bits per heavy atom. The first-order valence-electron chi connectivity index (χ1n) is 10.5. The Morgan fingerprint density at radius 1 is 0.656 bits per heavy atom. The molecule has 3 aromatic rings. The molecule has 0 heterocycles. The third-order valence-corrected chi connectivity index (χ3v) is 5.17. The molecule has 6 nitrogen and oxygen atoms in total. The molecule has 0 atom stereocenters. The average molecular weight is 438 g/mol. The van der Waals surface area contributed by atoms with Crippen molar-refractivity contribution in [2.75, 3.05) is 35.0 Å². The van der Waals surface area contributed by atoms with Gasteiger partial charge in [-0.15, -0.1) is 0 Å². The zero-order valence-electron chi connectivity index (χ0n) is 19.1. The van der Waals surface area contributed by atoms with E-state index in [0.717, 1.165) is 46.9 Å². The molecule has 32 heavy (non-hydrogen) atoms. The van der Waals surface area contributed by atoms with Crippen molar-refractivity contribution in [2.45, 2.75) is 19.6 Å². The van der Waals surface area contributed by atoms with Crippen LogP contribution in [0.4, 0.5) is 0 Å². The van der Waals surface area contributed by atoms with Gasteiger partial charge in [-0.1, -0.05) is 30.3 Å². The summed E-state index contributed by atoms with van der Waals surface area (Å²) in [5.74, 6) is 3.83. The van der Waals surface area contributed by atoms with Gasteiger partial charge in [0.1, 0.15) is 23.9 Å². The zero-order chi connectivity index (χ0) is 22.8. The molecule has 0 aliphatic heterocycles. The van der Waals surface area contributed by atoms with Gasteiger partial charge >= 0.3 is 0 Å². The van der Waals surface area contributed by atoms with Gasteiger partial charge in [-0.25, -0.2) is 0 Å². The molecular formula is C26H31NO5. The lowest BCUT2D eigenvalue weighted by Crippen LogP contribution is -2.17. The molecule has 0 spiro atoms. The van der Waals surface area contributed by atoms with Crippen molar-refractivity contribution in [1.82, 2.24) is 5.32 Å². The van der Waals surface area contributed by atoms with E-state index in [0.29, 0.717) is 24.7 Å². The highest BCUT2D eigenvalue weighted by atomic mass is 16.5. The van der Waals surface area contributed by atoms with Crippen molar-refractivity contribution in [2.24, 2.45) is 0 Å². The van der Waals surface area contributed by atoms with E-state index in [1.54, 1.807) is 28.4 Å². The van der Waals surface area contributed by atoms with Crippen molar-refractivity contribution in [3.8, 4) is 28.7 Å². The van der Waals surface area contributed by atoms with Crippen LogP contribution in [0.2, 0.25) is 0 Å². The molecule has 0 aliphatic carbocycles. The second-order valence-electron chi connectivity index (χ2n) is 7.19. The number of para-hydroxylation sites is 1. The van der Waals surface area contributed by atoms with Crippen LogP contribution in [0.1, 0.15) is 16.7 Å². The quantitative estimate of drug-likeness (QED) is 0.417. The Kier molecular flexibility index (Phi) is 8.63. The van der Waals surface area contributed by atoms with Gasteiger partial charge in [0.15, 0.2) is 11.5 Å². The lowest BCUT2D eigenvalue weighted by atomic mass is 10.1. The lowest BCUT2D eigenvalue weighted by Gasteiger charge is -2.15. The molecule has 0 radical (unpaired) electrons. The highest BCUT2D eigenvalue weighted by Gasteiger charge is 2.12. The lowest BCUT2D eigenvalue weighted by molar-refractivity contribution is 0.301. The largest absolute Gasteiger partial charge is 0.497 e. The topological polar surface area (TPSA) is 58.2 Å². The first kappa shape index (κ1) is 23.3. The van der Waals surface area contributed by atoms with Crippen LogP contribution >= 0.6 is 0 Å². The first-order valence-corrected chi connectivity index (χ1v) is 10.5. The monoisotopic (exact) mass is 437 g/mol. The van der Waals surface area contributed by atoms with Crippen molar-refractivity contribution in [3.05, 3.63) is 77.4 Å². The van der Waals surface area contributed by atoms with E-state index in [1.807, 2.05) is 54.6 Å². The van der Waals surface area contributed by atoms with E-state index < -0.39 is 0 Å². The van der Waals surface area contributed by atoms with E-state index in [4.69, 9.17) is 23.7 Å². The van der Waals surface area contributed by atoms with Crippen LogP contribution in [0.15, 0.2) is 60.7 Å². The molecule has 0 fully saturated rings. The Hall–Kier alpha value is -3.38. The summed E-state index contributed by atoms with van der Waals surface area (Å²) in [6.45, 7) is 1.96. The van der Waals surface area contributed by atoms with Gasteiger partial charge in [0.25, 0.3) is 0 Å². The Balaban J connectivity index is 1.58. The molecule has 3 rings (SSSR count). The van der Waals surface area contributed by atoms with Gasteiger partial charge in [-0.2, -0.15) is 0 Å². The smallest absolute Gasteiger partial charge is 0.164 e. The minimum atomic E-state index is 0.483. The minimum absolute atomic E-state index is 0.483. The average Bonchev–Trinajstić information content (AvgIpc) is 2.85. The van der Waals surface area contributed by atoms with Crippen molar-refractivity contribution in [1.29, 1.82) is 0 Å². The van der Waals surface area contributed by atoms with E-state index in [1.165, 1.54) is 0 Å². The molecule has 170 valence electrons. The predicted molar refractivity (Wildman–Crippen MR) is 125 cm³/mol. The highest BCUT2D eigenvalue weighted by Crippen LogP contribution is 2.34. The van der Waals surface area contributed by atoms with Crippen LogP contribution in [-0.2, 0) is 19.6 Å². The van der Waals surface area contributed by atoms with Gasteiger partial charge < -0.3 is 29.0 Å². The molecule has 0 aliphatic rings. The van der Waals surface area contributed by atoms with Crippen molar-refractivity contribution >= 4 is 0 Å². The standard InChI is InChI=1S/C26H31NO5/c1-28-22-10-7-8-19(14-22)18-32-23-11-6-5-9-21(23)17-27-13-12-20-15-25(30-3)26(31-4)16-24(20)29-2/h5-11,14-16,27H,12-13,17-18H2,1-4H3. The summed E-state index contributed by atoms with van der Waals surface area (Å²) in [4.78, 5) is 0. The summed E-state index contributed by atoms with van der Waals surface area (Å²) < 4.78 is 27.7. The maximum atomic E-state index is 6.08. The maximum Gasteiger partial charge on any atom is 0.164 e. The van der Waals surface area contributed by atoms with Gasteiger partial charge in [0.05, 0.1) is 28.4 Å². The van der Waals surface area contributed by atoms with Crippen molar-refractivity contribution in [3.63, 3.8) is 0 Å². The van der Waals surface area contributed by atoms with Crippen LogP contribution in [-0.4, -0.2) is 35.0 Å². The fraction of sp³-hybridized carbons (Fsp3) is 0.308. The van der Waals surface area contributed by atoms with E-state index in [2.05, 4.69) is 11.4 Å². The summed E-state index contributed by atoms with van der Waals surface area (Å²) in [6.07, 6.45) is 0.788. The Bertz CT molecular complexity index is 1010. The molecule has 1 N–H and O–H groups in total. The van der Waals surface area contributed by atoms with Crippen LogP contribution in [0, 0.1) is 0 Å². The highest BCUT2D eigenvalue weighted by molar-refractivity contribution is 5.50. The zero-order valence-corrected chi connectivity index (χ0v) is 19.1. The van der Waals surface area contributed by atoms with Crippen LogP contribution in [0.3, 0.4) is 0 Å². The SMILES string of the molecule is COc1cccc(COc2ccccc2CNCCc2cc(OC)c(OC)cc2OC)c1. The maximum absolute atomic E-state index is 6.08. The number of rotatable bonds is 12. The Morgan fingerprint density at radius 3 is 2.16 bits per heavy atom. The minimum Gasteiger partial charge on any atom is -0.497 e. The van der Waals surface area contributed by atoms with Gasteiger partial charge in [-0.05, 0) is 48.4 Å². The summed E-state index contributed by atoms with van der Waals surface area (Å²) >= 11 is 0. The summed E-state index contributed by atoms with van der Waals surface area (Å²) in [5, 5.41) is 3.50. The van der Waals surface area contributed by atoms with Crippen LogP contribution < -0.4 is 29.0 Å². The molecular weight excluding hydrogens is 406 g/mol. The number of nitrogens with one attached hydrogen (secondary N) is 1. The molecule has 0 aromatic heterocycles. The fourth-order valence-electron chi connectivity index (χ4n) is 3.45. The van der Waals surface area contributed by atoms with Gasteiger partial charge in [0, 0.05) is 18.2 Å². The predicted octanol–water partition coefficient (Wildman–Crippen LogP) is 4.63. The number of hydrogen-bond acceptors (Lipinski definition) is 6. The summed E-state index contributed by atoms with van der Waals surface area (Å²) in [5.41, 5.74) is 3.22. The van der Waals surface area contributed by atoms with Gasteiger partial charge in [-0.3, -0.25) is 0 Å². The number of benzene rings is 3.